The lowest BCUT2D eigenvalue weighted by Crippen LogP contribution is -2.49. The molecule has 1 amide bonds. The van der Waals surface area contributed by atoms with Crippen molar-refractivity contribution in [1.29, 1.82) is 0 Å². The molecule has 0 bridgehead atoms. The van der Waals surface area contributed by atoms with Crippen LogP contribution in [0.3, 0.4) is 0 Å². The van der Waals surface area contributed by atoms with Crippen LogP contribution >= 0.6 is 0 Å². The van der Waals surface area contributed by atoms with E-state index in [1.807, 2.05) is 29.3 Å². The number of rotatable bonds is 5. The average molecular weight is 357 g/mol. The Morgan fingerprint density at radius 2 is 2.04 bits per heavy atom. The van der Waals surface area contributed by atoms with Gasteiger partial charge in [-0.25, -0.2) is 0 Å². The highest BCUT2D eigenvalue weighted by Crippen LogP contribution is 2.25. The molecule has 4 rings (SSSR count). The van der Waals surface area contributed by atoms with Crippen LogP contribution in [0.1, 0.15) is 18.4 Å². The topological polar surface area (TPSA) is 68.8 Å². The van der Waals surface area contributed by atoms with Crippen LogP contribution in [0.5, 0.6) is 0 Å². The summed E-state index contributed by atoms with van der Waals surface area (Å²) in [5.41, 5.74) is 1.50. The summed E-state index contributed by atoms with van der Waals surface area (Å²) in [5.74, 6) is 0.133. The number of morpholine rings is 1. The second kappa shape index (κ2) is 7.39. The van der Waals surface area contributed by atoms with Crippen LogP contribution in [0.4, 0.5) is 0 Å². The number of benzene rings is 1. The van der Waals surface area contributed by atoms with Gasteiger partial charge in [0.2, 0.25) is 5.91 Å². The number of nitrogens with one attached hydrogen (secondary N) is 1. The quantitative estimate of drug-likeness (QED) is 0.849. The highest BCUT2D eigenvalue weighted by atomic mass is 16.5. The first-order valence-electron chi connectivity index (χ1n) is 9.48. The number of ether oxygens (including phenoxy) is 1. The predicted molar refractivity (Wildman–Crippen MR) is 100 cm³/mol. The summed E-state index contributed by atoms with van der Waals surface area (Å²) in [7, 11) is 0. The maximum atomic E-state index is 12.6. The van der Waals surface area contributed by atoms with Crippen LogP contribution in [-0.2, 0) is 16.0 Å². The number of aryl methyl sites for hydroxylation is 1. The fourth-order valence-corrected chi connectivity index (χ4v) is 4.11. The summed E-state index contributed by atoms with van der Waals surface area (Å²) >= 11 is 0. The number of amides is 1. The normalized spacial score (nSPS) is 24.4. The molecule has 6 nitrogen and oxygen atoms in total. The smallest absolute Gasteiger partial charge is 0.223 e. The van der Waals surface area contributed by atoms with Crippen LogP contribution < -0.4 is 0 Å². The van der Waals surface area contributed by atoms with Gasteiger partial charge < -0.3 is 19.7 Å². The van der Waals surface area contributed by atoms with Gasteiger partial charge in [0, 0.05) is 49.7 Å². The first-order chi connectivity index (χ1) is 12.6. The molecule has 2 aliphatic heterocycles. The van der Waals surface area contributed by atoms with Crippen LogP contribution in [-0.4, -0.2) is 77.3 Å². The van der Waals surface area contributed by atoms with E-state index in [1.54, 1.807) is 0 Å². The molecule has 2 N–H and O–H groups in total. The molecule has 0 spiro atoms. The summed E-state index contributed by atoms with van der Waals surface area (Å²) in [6.45, 7) is 4.88. The number of nitrogens with zero attached hydrogens (tertiary/aromatic N) is 2. The number of H-pyrrole nitrogens is 1. The molecular weight excluding hydrogens is 330 g/mol. The molecule has 1 aromatic carbocycles. The summed E-state index contributed by atoms with van der Waals surface area (Å²) in [6.07, 6.45) is 3.86. The molecule has 6 heteroatoms. The van der Waals surface area contributed by atoms with Crippen molar-refractivity contribution in [2.75, 3.05) is 45.9 Å². The summed E-state index contributed by atoms with van der Waals surface area (Å²) in [5, 5.41) is 12.1. The molecule has 0 saturated carbocycles. The number of carbonyl (C=O) groups excluding carboxylic acids is 1. The van der Waals surface area contributed by atoms with Crippen LogP contribution in [0.25, 0.3) is 10.9 Å². The second-order valence-corrected chi connectivity index (χ2v) is 7.54. The molecule has 2 aliphatic rings. The zero-order chi connectivity index (χ0) is 18.0. The molecule has 2 fully saturated rings. The Morgan fingerprint density at radius 1 is 1.23 bits per heavy atom. The van der Waals surface area contributed by atoms with Gasteiger partial charge in [-0.1, -0.05) is 18.2 Å². The number of aromatic amines is 1. The Labute approximate surface area is 153 Å². The van der Waals surface area contributed by atoms with E-state index < -0.39 is 5.60 Å². The van der Waals surface area contributed by atoms with Crippen molar-refractivity contribution < 1.29 is 14.6 Å². The van der Waals surface area contributed by atoms with Crippen molar-refractivity contribution in [3.8, 4) is 0 Å². The lowest BCUT2D eigenvalue weighted by atomic mass is 10.0. The molecular formula is C20H27N3O3. The summed E-state index contributed by atoms with van der Waals surface area (Å²) in [6, 6.07) is 8.16. The molecule has 1 aromatic heterocycles. The molecule has 140 valence electrons. The number of β-amino-alcohol motifs (C(OH)–C–C–N with tert-alkyl or cyclic N) is 1. The van der Waals surface area contributed by atoms with Crippen molar-refractivity contribution >= 4 is 16.8 Å². The molecule has 2 aromatic rings. The Kier molecular flexibility index (Phi) is 4.98. The van der Waals surface area contributed by atoms with Crippen LogP contribution in [0.15, 0.2) is 30.5 Å². The third kappa shape index (κ3) is 3.77. The monoisotopic (exact) mass is 357 g/mol. The molecule has 26 heavy (non-hydrogen) atoms. The van der Waals surface area contributed by atoms with E-state index >= 15 is 0 Å². The maximum absolute atomic E-state index is 12.6. The molecule has 3 heterocycles. The Morgan fingerprint density at radius 3 is 2.88 bits per heavy atom. The van der Waals surface area contributed by atoms with E-state index in [0.29, 0.717) is 32.5 Å². The van der Waals surface area contributed by atoms with Gasteiger partial charge in [-0.2, -0.15) is 0 Å². The molecule has 1 unspecified atom stereocenters. The highest BCUT2D eigenvalue weighted by Gasteiger charge is 2.39. The zero-order valence-corrected chi connectivity index (χ0v) is 15.1. The summed E-state index contributed by atoms with van der Waals surface area (Å²) < 4.78 is 5.36. The summed E-state index contributed by atoms with van der Waals surface area (Å²) in [4.78, 5) is 20.0. The van der Waals surface area contributed by atoms with Crippen molar-refractivity contribution in [1.82, 2.24) is 14.8 Å². The molecule has 1 atom stereocenters. The predicted octanol–water partition coefficient (Wildman–Crippen LogP) is 1.40. The lowest BCUT2D eigenvalue weighted by Gasteiger charge is -2.33. The van der Waals surface area contributed by atoms with Crippen molar-refractivity contribution in [3.63, 3.8) is 0 Å². The van der Waals surface area contributed by atoms with E-state index in [4.69, 9.17) is 4.74 Å². The highest BCUT2D eigenvalue weighted by molar-refractivity contribution is 5.84. The molecule has 2 saturated heterocycles. The number of likely N-dealkylation sites (tertiary alicyclic amines) is 1. The van der Waals surface area contributed by atoms with Gasteiger partial charge in [0.25, 0.3) is 0 Å². The minimum Gasteiger partial charge on any atom is -0.387 e. The number of hydrogen-bond acceptors (Lipinski definition) is 4. The second-order valence-electron chi connectivity index (χ2n) is 7.54. The SMILES string of the molecule is O=C(CCc1c[nH]c2ccccc12)N1CCC(O)(CN2CCOCC2)C1. The van der Waals surface area contributed by atoms with Crippen LogP contribution in [0, 0.1) is 0 Å². The number of carbonyl (C=O) groups is 1. The lowest BCUT2D eigenvalue weighted by molar-refractivity contribution is -0.131. The van der Waals surface area contributed by atoms with E-state index in [9.17, 15) is 9.90 Å². The molecule has 0 aliphatic carbocycles. The Bertz CT molecular complexity index is 769. The number of hydrogen-bond donors (Lipinski definition) is 2. The van der Waals surface area contributed by atoms with E-state index in [1.165, 1.54) is 10.9 Å². The number of fused-ring (bicyclic) bond motifs is 1. The van der Waals surface area contributed by atoms with Gasteiger partial charge >= 0.3 is 0 Å². The van der Waals surface area contributed by atoms with Gasteiger partial charge in [0.15, 0.2) is 0 Å². The van der Waals surface area contributed by atoms with Crippen molar-refractivity contribution in [3.05, 3.63) is 36.0 Å². The standard InChI is InChI=1S/C20H27N3O3/c24-19(6-5-16-13-21-18-4-2-1-3-17(16)18)23-8-7-20(25,15-23)14-22-9-11-26-12-10-22/h1-4,13,21,25H,5-12,14-15H2. The molecule has 0 radical (unpaired) electrons. The van der Waals surface area contributed by atoms with Gasteiger partial charge in [-0.3, -0.25) is 9.69 Å². The zero-order valence-electron chi connectivity index (χ0n) is 15.1. The largest absolute Gasteiger partial charge is 0.387 e. The number of aliphatic hydroxyl groups is 1. The van der Waals surface area contributed by atoms with Gasteiger partial charge in [0.1, 0.15) is 0 Å². The van der Waals surface area contributed by atoms with E-state index in [2.05, 4.69) is 16.0 Å². The van der Waals surface area contributed by atoms with E-state index in [0.717, 1.165) is 38.2 Å². The minimum atomic E-state index is -0.784. The Balaban J connectivity index is 1.31. The van der Waals surface area contributed by atoms with E-state index in [-0.39, 0.29) is 5.91 Å². The number of aromatic nitrogens is 1. The first-order valence-corrected chi connectivity index (χ1v) is 9.48. The third-order valence-corrected chi connectivity index (χ3v) is 5.59. The Hall–Kier alpha value is -1.89. The number of para-hydroxylation sites is 1. The van der Waals surface area contributed by atoms with Crippen molar-refractivity contribution in [2.24, 2.45) is 0 Å². The average Bonchev–Trinajstić information content (AvgIpc) is 3.24. The fraction of sp³-hybridized carbons (Fsp3) is 0.550. The van der Waals surface area contributed by atoms with Gasteiger partial charge in [-0.05, 0) is 24.5 Å². The van der Waals surface area contributed by atoms with Crippen LogP contribution in [0.2, 0.25) is 0 Å². The van der Waals surface area contributed by atoms with Crippen molar-refractivity contribution in [2.45, 2.75) is 24.9 Å². The fourth-order valence-electron chi connectivity index (χ4n) is 4.11. The first kappa shape index (κ1) is 17.5. The minimum absolute atomic E-state index is 0.133. The van der Waals surface area contributed by atoms with Gasteiger partial charge in [-0.15, -0.1) is 0 Å². The van der Waals surface area contributed by atoms with Gasteiger partial charge in [0.05, 0.1) is 25.4 Å². The third-order valence-electron chi connectivity index (χ3n) is 5.59. The maximum Gasteiger partial charge on any atom is 0.223 e.